The van der Waals surface area contributed by atoms with Gasteiger partial charge in [-0.1, -0.05) is 25.5 Å². The van der Waals surface area contributed by atoms with Crippen molar-refractivity contribution >= 4 is 35.1 Å². The van der Waals surface area contributed by atoms with Gasteiger partial charge in [-0.25, -0.2) is 0 Å². The molecule has 120 valence electrons. The molecule has 1 aliphatic heterocycles. The summed E-state index contributed by atoms with van der Waals surface area (Å²) >= 11 is 3.41. The summed E-state index contributed by atoms with van der Waals surface area (Å²) in [5, 5.41) is 4.27. The Morgan fingerprint density at radius 3 is 2.77 bits per heavy atom. The van der Waals surface area contributed by atoms with Gasteiger partial charge in [-0.05, 0) is 53.1 Å². The average Bonchev–Trinajstić information content (AvgIpc) is 2.53. The minimum absolute atomic E-state index is 0.0523. The van der Waals surface area contributed by atoms with Gasteiger partial charge in [0, 0.05) is 12.8 Å². The zero-order valence-corrected chi connectivity index (χ0v) is 15.0. The van der Waals surface area contributed by atoms with Crippen molar-refractivity contribution in [2.75, 3.05) is 5.75 Å². The van der Waals surface area contributed by atoms with E-state index in [1.165, 1.54) is 5.57 Å². The van der Waals surface area contributed by atoms with Crippen molar-refractivity contribution in [2.24, 2.45) is 5.92 Å². The van der Waals surface area contributed by atoms with Crippen LogP contribution in [-0.2, 0) is 9.59 Å². The van der Waals surface area contributed by atoms with Crippen molar-refractivity contribution in [3.63, 3.8) is 0 Å². The molecule has 0 N–H and O–H groups in total. The maximum absolute atomic E-state index is 12.6. The van der Waals surface area contributed by atoms with Crippen molar-refractivity contribution in [1.29, 1.82) is 0 Å². The lowest BCUT2D eigenvalue weighted by molar-refractivity contribution is -0.122. The summed E-state index contributed by atoms with van der Waals surface area (Å²) in [7, 11) is 0. The highest BCUT2D eigenvalue weighted by molar-refractivity contribution is 8.05. The molecule has 1 aliphatic carbocycles. The van der Waals surface area contributed by atoms with E-state index < -0.39 is 0 Å². The zero-order valence-electron chi connectivity index (χ0n) is 13.4. The third-order valence-corrected chi connectivity index (χ3v) is 6.05. The van der Waals surface area contributed by atoms with Gasteiger partial charge in [-0.3, -0.25) is 9.59 Å². The van der Waals surface area contributed by atoms with Crippen molar-refractivity contribution < 1.29 is 9.59 Å². The Morgan fingerprint density at radius 2 is 2.14 bits per heavy atom. The van der Waals surface area contributed by atoms with Crippen molar-refractivity contribution in [2.45, 2.75) is 52.4 Å². The molecule has 2 rings (SSSR count). The highest BCUT2D eigenvalue weighted by Crippen LogP contribution is 2.41. The molecule has 0 aromatic heterocycles. The van der Waals surface area contributed by atoms with Gasteiger partial charge in [-0.2, -0.15) is 0 Å². The van der Waals surface area contributed by atoms with Gasteiger partial charge in [0.05, 0.1) is 5.57 Å². The van der Waals surface area contributed by atoms with E-state index in [0.29, 0.717) is 18.4 Å². The Balaban J connectivity index is 2.22. The SMILES string of the molecule is CCCSC1=C(C(=O)CCC)C(=O)CC(C2=CSC=CC2)C1. The Hall–Kier alpha value is -0.740. The number of rotatable bonds is 7. The largest absolute Gasteiger partial charge is 0.294 e. The number of thioether (sulfide) groups is 2. The third kappa shape index (κ3) is 4.39. The summed E-state index contributed by atoms with van der Waals surface area (Å²) in [5.74, 6) is 1.37. The topological polar surface area (TPSA) is 34.1 Å². The first-order chi connectivity index (χ1) is 10.7. The second kappa shape index (κ2) is 8.78. The molecule has 2 aliphatic rings. The molecule has 0 bridgehead atoms. The van der Waals surface area contributed by atoms with Crippen LogP contribution in [0.5, 0.6) is 0 Å². The molecule has 1 unspecified atom stereocenters. The molecule has 1 atom stereocenters. The van der Waals surface area contributed by atoms with E-state index in [1.807, 2.05) is 6.92 Å². The van der Waals surface area contributed by atoms with Crippen LogP contribution in [0, 0.1) is 5.92 Å². The molecule has 4 heteroatoms. The van der Waals surface area contributed by atoms with Crippen LogP contribution in [0.1, 0.15) is 52.4 Å². The van der Waals surface area contributed by atoms with Crippen LogP contribution in [0.15, 0.2) is 32.9 Å². The molecule has 0 spiro atoms. The van der Waals surface area contributed by atoms with Crippen LogP contribution in [0.3, 0.4) is 0 Å². The van der Waals surface area contributed by atoms with Crippen LogP contribution in [0.25, 0.3) is 0 Å². The number of Topliss-reactive ketones (excluding diaryl/α,β-unsaturated/α-hetero) is 2. The van der Waals surface area contributed by atoms with Crippen LogP contribution in [0.4, 0.5) is 0 Å². The first-order valence-corrected chi connectivity index (χ1v) is 10.0. The highest BCUT2D eigenvalue weighted by Gasteiger charge is 2.32. The first kappa shape index (κ1) is 17.6. The fraction of sp³-hybridized carbons (Fsp3) is 0.556. The van der Waals surface area contributed by atoms with E-state index in [2.05, 4.69) is 23.8 Å². The van der Waals surface area contributed by atoms with Crippen molar-refractivity contribution in [3.05, 3.63) is 32.9 Å². The molecule has 22 heavy (non-hydrogen) atoms. The maximum atomic E-state index is 12.6. The minimum atomic E-state index is 0.0523. The van der Waals surface area contributed by atoms with E-state index in [1.54, 1.807) is 23.5 Å². The number of allylic oxidation sites excluding steroid dienone is 4. The Kier molecular flexibility index (Phi) is 7.03. The van der Waals surface area contributed by atoms with E-state index in [0.717, 1.165) is 36.3 Å². The van der Waals surface area contributed by atoms with E-state index in [4.69, 9.17) is 0 Å². The Labute approximate surface area is 141 Å². The first-order valence-electron chi connectivity index (χ1n) is 8.09. The van der Waals surface area contributed by atoms with Crippen LogP contribution < -0.4 is 0 Å². The molecule has 0 aromatic carbocycles. The minimum Gasteiger partial charge on any atom is -0.294 e. The summed E-state index contributed by atoms with van der Waals surface area (Å²) < 4.78 is 0. The van der Waals surface area contributed by atoms with Gasteiger partial charge < -0.3 is 0 Å². The second-order valence-electron chi connectivity index (χ2n) is 5.75. The molecule has 0 amide bonds. The van der Waals surface area contributed by atoms with E-state index in [-0.39, 0.29) is 17.5 Å². The molecular formula is C18H24O2S2. The van der Waals surface area contributed by atoms with Gasteiger partial charge in [-0.15, -0.1) is 23.5 Å². The van der Waals surface area contributed by atoms with E-state index in [9.17, 15) is 9.59 Å². The lowest BCUT2D eigenvalue weighted by atomic mass is 9.81. The standard InChI is InChI=1S/C18H24O2S2/c1-3-6-15(19)18-16(20)10-14(11-17(18)22-8-4-2)13-7-5-9-21-12-13/h5,9,12,14H,3-4,6-8,10-11H2,1-2H3. The lowest BCUT2D eigenvalue weighted by Gasteiger charge is -2.28. The molecule has 0 saturated carbocycles. The molecular weight excluding hydrogens is 312 g/mol. The molecule has 0 aromatic rings. The summed E-state index contributed by atoms with van der Waals surface area (Å²) in [4.78, 5) is 26.0. The van der Waals surface area contributed by atoms with Gasteiger partial charge in [0.2, 0.25) is 0 Å². The molecule has 1 heterocycles. The van der Waals surface area contributed by atoms with Gasteiger partial charge in [0.1, 0.15) is 0 Å². The second-order valence-corrected chi connectivity index (χ2v) is 7.72. The number of carbonyl (C=O) groups excluding carboxylic acids is 2. The maximum Gasteiger partial charge on any atom is 0.167 e. The third-order valence-electron chi connectivity index (χ3n) is 3.93. The highest BCUT2D eigenvalue weighted by atomic mass is 32.2. The van der Waals surface area contributed by atoms with Crippen LogP contribution >= 0.6 is 23.5 Å². The van der Waals surface area contributed by atoms with E-state index >= 15 is 0 Å². The summed E-state index contributed by atoms with van der Waals surface area (Å²) in [6, 6.07) is 0. The van der Waals surface area contributed by atoms with Gasteiger partial charge in [0.15, 0.2) is 11.6 Å². The monoisotopic (exact) mass is 336 g/mol. The summed E-state index contributed by atoms with van der Waals surface area (Å²) in [5.41, 5.74) is 1.87. The molecule has 2 nitrogen and oxygen atoms in total. The predicted molar refractivity (Wildman–Crippen MR) is 96.9 cm³/mol. The lowest BCUT2D eigenvalue weighted by Crippen LogP contribution is -2.25. The normalized spacial score (nSPS) is 22.0. The van der Waals surface area contributed by atoms with Gasteiger partial charge >= 0.3 is 0 Å². The fourth-order valence-electron chi connectivity index (χ4n) is 2.84. The number of carbonyl (C=O) groups is 2. The number of ketones is 2. The Bertz CT molecular complexity index is 529. The Morgan fingerprint density at radius 1 is 1.32 bits per heavy atom. The summed E-state index contributed by atoms with van der Waals surface area (Å²) in [6.07, 6.45) is 6.81. The number of hydrogen-bond donors (Lipinski definition) is 0. The molecule has 0 saturated heterocycles. The predicted octanol–water partition coefficient (Wildman–Crippen LogP) is 5.27. The van der Waals surface area contributed by atoms with Crippen LogP contribution in [-0.4, -0.2) is 17.3 Å². The van der Waals surface area contributed by atoms with Crippen LogP contribution in [0.2, 0.25) is 0 Å². The average molecular weight is 337 g/mol. The smallest absolute Gasteiger partial charge is 0.167 e. The van der Waals surface area contributed by atoms with Crippen molar-refractivity contribution in [3.8, 4) is 0 Å². The zero-order chi connectivity index (χ0) is 15.9. The van der Waals surface area contributed by atoms with Gasteiger partial charge in [0.25, 0.3) is 0 Å². The molecule has 0 radical (unpaired) electrons. The number of hydrogen-bond acceptors (Lipinski definition) is 4. The summed E-state index contributed by atoms with van der Waals surface area (Å²) in [6.45, 7) is 4.12. The molecule has 0 fully saturated rings. The van der Waals surface area contributed by atoms with Crippen molar-refractivity contribution in [1.82, 2.24) is 0 Å². The fourth-order valence-corrected chi connectivity index (χ4v) is 4.73. The quantitative estimate of drug-likeness (QED) is 0.593.